The zero-order chi connectivity index (χ0) is 12.6. The van der Waals surface area contributed by atoms with Gasteiger partial charge in [0, 0.05) is 6.92 Å². The van der Waals surface area contributed by atoms with Crippen molar-refractivity contribution in [1.29, 1.82) is 0 Å². The SMILES string of the molecule is CCOC(=O)C1=C([O-])[C@@H]2[C@H](C)CC[C@H]2C(C)=[O+]1. The van der Waals surface area contributed by atoms with Crippen LogP contribution in [-0.2, 0) is 14.0 Å². The molecule has 0 radical (unpaired) electrons. The summed E-state index contributed by atoms with van der Waals surface area (Å²) in [6.45, 7) is 5.87. The second-order valence-corrected chi connectivity index (χ2v) is 4.81. The van der Waals surface area contributed by atoms with E-state index in [-0.39, 0.29) is 30.0 Å². The third-order valence-electron chi connectivity index (χ3n) is 3.75. The molecule has 2 aliphatic rings. The van der Waals surface area contributed by atoms with Crippen LogP contribution in [0.1, 0.15) is 33.6 Å². The molecule has 0 N–H and O–H groups in total. The molecular weight excluding hydrogens is 220 g/mol. The summed E-state index contributed by atoms with van der Waals surface area (Å²) in [5.74, 6) is 0.245. The summed E-state index contributed by atoms with van der Waals surface area (Å²) < 4.78 is 10.2. The summed E-state index contributed by atoms with van der Waals surface area (Å²) in [6.07, 6.45) is 1.98. The lowest BCUT2D eigenvalue weighted by molar-refractivity contribution is -0.432. The fourth-order valence-electron chi connectivity index (χ4n) is 2.87. The summed E-state index contributed by atoms with van der Waals surface area (Å²) in [5, 5.41) is 12.2. The lowest BCUT2D eigenvalue weighted by atomic mass is 9.84. The van der Waals surface area contributed by atoms with Crippen LogP contribution in [0.15, 0.2) is 11.5 Å². The van der Waals surface area contributed by atoms with Crippen molar-refractivity contribution >= 4 is 11.8 Å². The topological polar surface area (TPSA) is 60.7 Å². The van der Waals surface area contributed by atoms with Crippen LogP contribution < -0.4 is 5.11 Å². The summed E-state index contributed by atoms with van der Waals surface area (Å²) in [6, 6.07) is 0. The maximum absolute atomic E-state index is 12.2. The maximum atomic E-state index is 12.2. The van der Waals surface area contributed by atoms with E-state index < -0.39 is 5.97 Å². The molecule has 2 rings (SSSR count). The molecule has 1 fully saturated rings. The fourth-order valence-corrected chi connectivity index (χ4v) is 2.87. The van der Waals surface area contributed by atoms with Gasteiger partial charge in [-0.05, 0) is 37.4 Å². The Morgan fingerprint density at radius 2 is 2.24 bits per heavy atom. The zero-order valence-corrected chi connectivity index (χ0v) is 10.5. The average molecular weight is 238 g/mol. The van der Waals surface area contributed by atoms with Crippen molar-refractivity contribution < 1.29 is 19.1 Å². The van der Waals surface area contributed by atoms with Crippen LogP contribution >= 0.6 is 0 Å². The number of fused-ring (bicyclic) bond motifs is 1. The first-order chi connectivity index (χ1) is 8.06. The van der Waals surface area contributed by atoms with E-state index in [9.17, 15) is 9.90 Å². The maximum Gasteiger partial charge on any atom is 0.436 e. The highest BCUT2D eigenvalue weighted by Crippen LogP contribution is 2.43. The molecule has 0 saturated heterocycles. The highest BCUT2D eigenvalue weighted by atomic mass is 16.6. The van der Waals surface area contributed by atoms with Crippen molar-refractivity contribution in [3.05, 3.63) is 11.5 Å². The minimum Gasteiger partial charge on any atom is -0.869 e. The van der Waals surface area contributed by atoms with Gasteiger partial charge in [-0.1, -0.05) is 6.92 Å². The van der Waals surface area contributed by atoms with Gasteiger partial charge in [-0.15, -0.1) is 0 Å². The molecule has 3 atom stereocenters. The van der Waals surface area contributed by atoms with Crippen molar-refractivity contribution in [1.82, 2.24) is 0 Å². The Kier molecular flexibility index (Phi) is 3.22. The summed E-state index contributed by atoms with van der Waals surface area (Å²) in [7, 11) is 0. The van der Waals surface area contributed by atoms with Crippen LogP contribution in [0.25, 0.3) is 0 Å². The predicted octanol–water partition coefficient (Wildman–Crippen LogP) is 0.922. The average Bonchev–Trinajstić information content (AvgIpc) is 2.67. The molecule has 0 amide bonds. The number of ketones is 1. The van der Waals surface area contributed by atoms with Gasteiger partial charge in [0.1, 0.15) is 0 Å². The monoisotopic (exact) mass is 238 g/mol. The molecule has 1 aliphatic carbocycles. The molecule has 0 unspecified atom stereocenters. The molecule has 4 heteroatoms. The number of hydrogen-bond donors (Lipinski definition) is 0. The number of rotatable bonds is 2. The lowest BCUT2D eigenvalue weighted by Crippen LogP contribution is -2.35. The van der Waals surface area contributed by atoms with Gasteiger partial charge in [-0.3, -0.25) is 0 Å². The van der Waals surface area contributed by atoms with Crippen LogP contribution in [0.3, 0.4) is 0 Å². The first kappa shape index (κ1) is 12.1. The second-order valence-electron chi connectivity index (χ2n) is 4.81. The van der Waals surface area contributed by atoms with Crippen LogP contribution in [-0.4, -0.2) is 18.4 Å². The van der Waals surface area contributed by atoms with Crippen LogP contribution in [0.5, 0.6) is 0 Å². The van der Waals surface area contributed by atoms with Gasteiger partial charge in [0.05, 0.1) is 12.5 Å². The minimum atomic E-state index is -0.630. The van der Waals surface area contributed by atoms with Crippen LogP contribution in [0, 0.1) is 17.8 Å². The molecule has 0 spiro atoms. The van der Waals surface area contributed by atoms with Gasteiger partial charge in [-0.25, -0.2) is 9.22 Å². The minimum absolute atomic E-state index is 0.0943. The fraction of sp³-hybridized carbons (Fsp3) is 0.692. The Morgan fingerprint density at radius 1 is 1.53 bits per heavy atom. The zero-order valence-electron chi connectivity index (χ0n) is 10.5. The molecule has 1 heterocycles. The lowest BCUT2D eigenvalue weighted by Gasteiger charge is -2.27. The summed E-state index contributed by atoms with van der Waals surface area (Å²) >= 11 is 0. The van der Waals surface area contributed by atoms with E-state index in [2.05, 4.69) is 6.92 Å². The van der Waals surface area contributed by atoms with Crippen molar-refractivity contribution in [3.8, 4) is 0 Å². The quantitative estimate of drug-likeness (QED) is 0.531. The number of hydrogen-bond acceptors (Lipinski definition) is 3. The number of carbonyl (C=O) groups is 1. The number of esters is 1. The third-order valence-corrected chi connectivity index (χ3v) is 3.75. The van der Waals surface area contributed by atoms with Crippen molar-refractivity contribution in [2.75, 3.05) is 6.61 Å². The largest absolute Gasteiger partial charge is 0.869 e. The smallest absolute Gasteiger partial charge is 0.436 e. The Balaban J connectivity index is 2.35. The molecular formula is C13H18O4. The first-order valence-corrected chi connectivity index (χ1v) is 6.15. The van der Waals surface area contributed by atoms with Crippen LogP contribution in [0.4, 0.5) is 0 Å². The normalized spacial score (nSPS) is 32.2. The molecule has 0 aromatic carbocycles. The highest BCUT2D eigenvalue weighted by Gasteiger charge is 2.46. The van der Waals surface area contributed by atoms with Gasteiger partial charge < -0.3 is 9.84 Å². The molecule has 94 valence electrons. The summed E-state index contributed by atoms with van der Waals surface area (Å²) in [4.78, 5) is 11.6. The van der Waals surface area contributed by atoms with Crippen molar-refractivity contribution in [3.63, 3.8) is 0 Å². The van der Waals surface area contributed by atoms with E-state index in [0.717, 1.165) is 18.6 Å². The van der Waals surface area contributed by atoms with E-state index in [1.807, 2.05) is 6.92 Å². The van der Waals surface area contributed by atoms with Crippen molar-refractivity contribution in [2.45, 2.75) is 33.6 Å². The van der Waals surface area contributed by atoms with E-state index in [1.165, 1.54) is 0 Å². The van der Waals surface area contributed by atoms with Crippen LogP contribution in [0.2, 0.25) is 0 Å². The van der Waals surface area contributed by atoms with E-state index >= 15 is 0 Å². The van der Waals surface area contributed by atoms with Gasteiger partial charge in [0.2, 0.25) is 0 Å². The van der Waals surface area contributed by atoms with Gasteiger partial charge in [-0.2, -0.15) is 0 Å². The number of carbonyl (C=O) groups excluding carboxylic acids is 2. The molecule has 0 aromatic heterocycles. The van der Waals surface area contributed by atoms with Gasteiger partial charge in [0.15, 0.2) is 0 Å². The molecule has 0 bridgehead atoms. The molecule has 0 aromatic rings. The third kappa shape index (κ3) is 1.96. The Bertz CT molecular complexity index is 394. The second kappa shape index (κ2) is 4.51. The molecule has 1 aliphatic heterocycles. The standard InChI is InChI=1S/C13H18O4/c1-4-16-13(15)12-11(14)10-7(2)5-6-9(10)8(3)17-12/h7,9-10H,4-6H2,1-3H3/t7-,9+,10-/m1/s1. The number of allylic oxidation sites excluding steroid dienone is 1. The Morgan fingerprint density at radius 3 is 2.88 bits per heavy atom. The Labute approximate surface area is 101 Å². The molecule has 17 heavy (non-hydrogen) atoms. The van der Waals surface area contributed by atoms with E-state index in [0.29, 0.717) is 5.92 Å². The van der Waals surface area contributed by atoms with Crippen molar-refractivity contribution in [2.24, 2.45) is 17.8 Å². The first-order valence-electron chi connectivity index (χ1n) is 6.15. The predicted molar refractivity (Wildman–Crippen MR) is 59.7 cm³/mol. The molecule has 4 nitrogen and oxygen atoms in total. The van der Waals surface area contributed by atoms with Gasteiger partial charge in [0.25, 0.3) is 0 Å². The number of ether oxygens (including phenoxy) is 1. The van der Waals surface area contributed by atoms with Gasteiger partial charge >= 0.3 is 17.5 Å². The molecule has 1 saturated carbocycles. The highest BCUT2D eigenvalue weighted by molar-refractivity contribution is 5.90. The van der Waals surface area contributed by atoms with E-state index in [4.69, 9.17) is 9.16 Å². The Hall–Kier alpha value is -1.32. The summed E-state index contributed by atoms with van der Waals surface area (Å²) in [5.41, 5.74) is 0. The van der Waals surface area contributed by atoms with E-state index in [1.54, 1.807) is 6.92 Å².